The Labute approximate surface area is 186 Å². The standard InChI is InChI=1S/C18H24ClN5OS.HI/c1-20-18(22-14-4-3-5-15(10-14)26-2)21-11-16-23-17(24-25-16)12-6-8-13(19)9-7-12;/h6-9,14-15H,3-5,10-11H2,1-2H3,(H2,20,21,22);1H. The lowest BCUT2D eigenvalue weighted by atomic mass is 9.95. The Balaban J connectivity index is 0.00000261. The molecule has 27 heavy (non-hydrogen) atoms. The first kappa shape index (κ1) is 22.3. The number of guanidine groups is 1. The van der Waals surface area contributed by atoms with E-state index in [0.717, 1.165) is 16.8 Å². The van der Waals surface area contributed by atoms with E-state index in [1.807, 2.05) is 36.0 Å². The van der Waals surface area contributed by atoms with Gasteiger partial charge in [-0.05, 0) is 49.8 Å². The molecule has 1 saturated carbocycles. The van der Waals surface area contributed by atoms with Crippen molar-refractivity contribution < 1.29 is 4.52 Å². The fraction of sp³-hybridized carbons (Fsp3) is 0.500. The number of halogens is 2. The van der Waals surface area contributed by atoms with E-state index in [1.54, 1.807) is 7.05 Å². The minimum Gasteiger partial charge on any atom is -0.354 e. The van der Waals surface area contributed by atoms with Crippen molar-refractivity contribution in [1.82, 2.24) is 20.8 Å². The van der Waals surface area contributed by atoms with Gasteiger partial charge in [0.2, 0.25) is 11.7 Å². The zero-order valence-electron chi connectivity index (χ0n) is 15.4. The smallest absolute Gasteiger partial charge is 0.246 e. The molecule has 0 aliphatic heterocycles. The molecule has 1 aromatic heterocycles. The van der Waals surface area contributed by atoms with Crippen molar-refractivity contribution in [3.05, 3.63) is 35.2 Å². The third-order valence-corrected chi connectivity index (χ3v) is 5.85. The van der Waals surface area contributed by atoms with Gasteiger partial charge in [0, 0.05) is 28.9 Å². The van der Waals surface area contributed by atoms with E-state index in [-0.39, 0.29) is 24.0 Å². The third kappa shape index (κ3) is 6.53. The minimum atomic E-state index is 0. The van der Waals surface area contributed by atoms with Crippen LogP contribution in [0.1, 0.15) is 31.6 Å². The van der Waals surface area contributed by atoms with Crippen molar-refractivity contribution in [2.75, 3.05) is 13.3 Å². The van der Waals surface area contributed by atoms with Gasteiger partial charge >= 0.3 is 0 Å². The van der Waals surface area contributed by atoms with E-state index in [2.05, 4.69) is 32.0 Å². The first-order valence-corrected chi connectivity index (χ1v) is 10.4. The molecule has 1 aliphatic carbocycles. The van der Waals surface area contributed by atoms with Gasteiger partial charge in [0.15, 0.2) is 5.96 Å². The van der Waals surface area contributed by atoms with Crippen LogP contribution in [0.3, 0.4) is 0 Å². The number of aromatic nitrogens is 2. The van der Waals surface area contributed by atoms with Gasteiger partial charge in [-0.15, -0.1) is 24.0 Å². The van der Waals surface area contributed by atoms with Crippen molar-refractivity contribution in [2.24, 2.45) is 4.99 Å². The molecule has 2 unspecified atom stereocenters. The predicted molar refractivity (Wildman–Crippen MR) is 123 cm³/mol. The summed E-state index contributed by atoms with van der Waals surface area (Å²) in [6.07, 6.45) is 7.10. The molecule has 0 saturated heterocycles. The average molecular weight is 522 g/mol. The maximum absolute atomic E-state index is 5.91. The maximum Gasteiger partial charge on any atom is 0.246 e. The summed E-state index contributed by atoms with van der Waals surface area (Å²) >= 11 is 7.86. The summed E-state index contributed by atoms with van der Waals surface area (Å²) in [4.78, 5) is 8.72. The molecule has 1 aliphatic rings. The van der Waals surface area contributed by atoms with E-state index >= 15 is 0 Å². The third-order valence-electron chi connectivity index (χ3n) is 4.50. The fourth-order valence-corrected chi connectivity index (χ4v) is 4.03. The van der Waals surface area contributed by atoms with E-state index < -0.39 is 0 Å². The second kappa shape index (κ2) is 11.1. The molecule has 148 valence electrons. The van der Waals surface area contributed by atoms with Crippen LogP contribution in [-0.4, -0.2) is 40.7 Å². The van der Waals surface area contributed by atoms with Crippen molar-refractivity contribution in [2.45, 2.75) is 43.5 Å². The quantitative estimate of drug-likeness (QED) is 0.346. The normalized spacial score (nSPS) is 20.0. The average Bonchev–Trinajstić information content (AvgIpc) is 3.15. The highest BCUT2D eigenvalue weighted by Crippen LogP contribution is 2.26. The number of aliphatic imine (C=N–C) groups is 1. The van der Waals surface area contributed by atoms with Crippen LogP contribution in [0.25, 0.3) is 11.4 Å². The van der Waals surface area contributed by atoms with Crippen LogP contribution >= 0.6 is 47.3 Å². The highest BCUT2D eigenvalue weighted by molar-refractivity contribution is 14.0. The number of hydrogen-bond donors (Lipinski definition) is 2. The molecule has 3 rings (SSSR count). The van der Waals surface area contributed by atoms with E-state index in [9.17, 15) is 0 Å². The second-order valence-corrected chi connectivity index (χ2v) is 7.88. The molecule has 0 amide bonds. The summed E-state index contributed by atoms with van der Waals surface area (Å²) in [6, 6.07) is 7.82. The van der Waals surface area contributed by atoms with Crippen LogP contribution in [0.4, 0.5) is 0 Å². The number of thioether (sulfide) groups is 1. The van der Waals surface area contributed by atoms with Crippen LogP contribution in [0.5, 0.6) is 0 Å². The minimum absolute atomic E-state index is 0. The zero-order chi connectivity index (χ0) is 18.4. The highest BCUT2D eigenvalue weighted by atomic mass is 127. The monoisotopic (exact) mass is 521 g/mol. The van der Waals surface area contributed by atoms with E-state index in [4.69, 9.17) is 16.1 Å². The lowest BCUT2D eigenvalue weighted by Crippen LogP contribution is -2.45. The maximum atomic E-state index is 5.91. The number of nitrogens with zero attached hydrogens (tertiary/aromatic N) is 3. The Morgan fingerprint density at radius 2 is 2.11 bits per heavy atom. The molecule has 9 heteroatoms. The van der Waals surface area contributed by atoms with Crippen molar-refractivity contribution in [3.63, 3.8) is 0 Å². The Hall–Kier alpha value is -1.000. The van der Waals surface area contributed by atoms with Gasteiger partial charge in [-0.2, -0.15) is 16.7 Å². The van der Waals surface area contributed by atoms with Crippen LogP contribution in [0, 0.1) is 0 Å². The molecule has 2 aromatic rings. The predicted octanol–water partition coefficient (Wildman–Crippen LogP) is 4.35. The van der Waals surface area contributed by atoms with Gasteiger partial charge in [-0.3, -0.25) is 4.99 Å². The summed E-state index contributed by atoms with van der Waals surface area (Å²) in [7, 11) is 1.77. The van der Waals surface area contributed by atoms with Crippen LogP contribution < -0.4 is 10.6 Å². The number of hydrogen-bond acceptors (Lipinski definition) is 5. The summed E-state index contributed by atoms with van der Waals surface area (Å²) in [6.45, 7) is 0.430. The molecule has 0 radical (unpaired) electrons. The molecular formula is C18H25ClIN5OS. The first-order chi connectivity index (χ1) is 12.7. The first-order valence-electron chi connectivity index (χ1n) is 8.76. The number of nitrogens with one attached hydrogen (secondary N) is 2. The fourth-order valence-electron chi connectivity index (χ4n) is 3.08. The zero-order valence-corrected chi connectivity index (χ0v) is 19.3. The van der Waals surface area contributed by atoms with Crippen LogP contribution in [-0.2, 0) is 6.54 Å². The molecule has 1 aromatic carbocycles. The van der Waals surface area contributed by atoms with Gasteiger partial charge in [-0.1, -0.05) is 23.2 Å². The second-order valence-electron chi connectivity index (χ2n) is 6.31. The van der Waals surface area contributed by atoms with Crippen molar-refractivity contribution in [1.29, 1.82) is 0 Å². The number of benzene rings is 1. The topological polar surface area (TPSA) is 75.3 Å². The van der Waals surface area contributed by atoms with Gasteiger partial charge in [0.05, 0.1) is 6.54 Å². The molecule has 0 bridgehead atoms. The molecule has 0 spiro atoms. The van der Waals surface area contributed by atoms with Gasteiger partial charge in [0.1, 0.15) is 0 Å². The van der Waals surface area contributed by atoms with Gasteiger partial charge in [-0.25, -0.2) is 0 Å². The van der Waals surface area contributed by atoms with E-state index in [1.165, 1.54) is 25.7 Å². The molecular weight excluding hydrogens is 497 g/mol. The summed E-state index contributed by atoms with van der Waals surface area (Å²) < 4.78 is 5.33. The Bertz CT molecular complexity index is 740. The van der Waals surface area contributed by atoms with Crippen LogP contribution in [0.15, 0.2) is 33.8 Å². The number of rotatable bonds is 5. The van der Waals surface area contributed by atoms with Crippen molar-refractivity contribution >= 4 is 53.3 Å². The highest BCUT2D eigenvalue weighted by Gasteiger charge is 2.22. The van der Waals surface area contributed by atoms with Gasteiger partial charge < -0.3 is 15.2 Å². The lowest BCUT2D eigenvalue weighted by molar-refractivity contribution is 0.373. The van der Waals surface area contributed by atoms with E-state index in [0.29, 0.717) is 29.3 Å². The molecule has 6 nitrogen and oxygen atoms in total. The molecule has 1 fully saturated rings. The summed E-state index contributed by atoms with van der Waals surface area (Å²) in [5.74, 6) is 1.84. The molecule has 1 heterocycles. The Morgan fingerprint density at radius 1 is 1.33 bits per heavy atom. The largest absolute Gasteiger partial charge is 0.354 e. The lowest BCUT2D eigenvalue weighted by Gasteiger charge is -2.29. The summed E-state index contributed by atoms with van der Waals surface area (Å²) in [5, 5.41) is 12.2. The Kier molecular flexibility index (Phi) is 9.17. The van der Waals surface area contributed by atoms with Gasteiger partial charge in [0.25, 0.3) is 0 Å². The Morgan fingerprint density at radius 3 is 2.81 bits per heavy atom. The van der Waals surface area contributed by atoms with Crippen LogP contribution in [0.2, 0.25) is 5.02 Å². The molecule has 2 atom stereocenters. The summed E-state index contributed by atoms with van der Waals surface area (Å²) in [5.41, 5.74) is 0.872. The van der Waals surface area contributed by atoms with Crippen molar-refractivity contribution in [3.8, 4) is 11.4 Å². The molecule has 2 N–H and O–H groups in total. The SMILES string of the molecule is CN=C(NCc1nc(-c2ccc(Cl)cc2)no1)NC1CCCC(SC)C1.I.